The molecular weight excluding hydrogens is 232 g/mol. The molecule has 0 unspecified atom stereocenters. The van der Waals surface area contributed by atoms with E-state index in [2.05, 4.69) is 10.3 Å². The molecule has 0 saturated heterocycles. The van der Waals surface area contributed by atoms with Crippen LogP contribution >= 0.6 is 0 Å². The molecule has 0 aliphatic heterocycles. The lowest BCUT2D eigenvalue weighted by atomic mass is 9.86. The number of carbonyl (C=O) groups is 2. The van der Waals surface area contributed by atoms with Gasteiger partial charge in [0, 0.05) is 17.5 Å². The van der Waals surface area contributed by atoms with Crippen LogP contribution in [0.25, 0.3) is 0 Å². The summed E-state index contributed by atoms with van der Waals surface area (Å²) in [7, 11) is 0. The number of carboxylic acid groups (broad SMARTS) is 1. The number of hydrogen-bond donors (Lipinski definition) is 2. The quantitative estimate of drug-likeness (QED) is 0.854. The monoisotopic (exact) mass is 250 g/mol. The minimum Gasteiger partial charge on any atom is -0.480 e. The highest BCUT2D eigenvalue weighted by Crippen LogP contribution is 2.19. The molecule has 0 aliphatic carbocycles. The SMILES string of the molecule is Cc1cc(C(=O)N[C@@H](C(=O)O)C(C)(C)C)ccn1. The molecule has 0 aliphatic rings. The number of amides is 1. The number of aliphatic carboxylic acids is 1. The fourth-order valence-electron chi connectivity index (χ4n) is 1.55. The van der Waals surface area contributed by atoms with Gasteiger partial charge < -0.3 is 10.4 Å². The molecule has 2 N–H and O–H groups in total. The lowest BCUT2D eigenvalue weighted by Gasteiger charge is -2.27. The van der Waals surface area contributed by atoms with E-state index in [-0.39, 0.29) is 0 Å². The Morgan fingerprint density at radius 2 is 2.00 bits per heavy atom. The molecule has 1 aromatic heterocycles. The molecule has 18 heavy (non-hydrogen) atoms. The van der Waals surface area contributed by atoms with Gasteiger partial charge in [-0.3, -0.25) is 9.78 Å². The molecule has 0 bridgehead atoms. The molecule has 1 rings (SSSR count). The molecule has 1 heterocycles. The van der Waals surface area contributed by atoms with Crippen LogP contribution in [0.4, 0.5) is 0 Å². The predicted octanol–water partition coefficient (Wildman–Crippen LogP) is 1.62. The Hall–Kier alpha value is -1.91. The van der Waals surface area contributed by atoms with Gasteiger partial charge in [0.25, 0.3) is 5.91 Å². The van der Waals surface area contributed by atoms with Crippen LogP contribution < -0.4 is 5.32 Å². The molecule has 1 aromatic rings. The fraction of sp³-hybridized carbons (Fsp3) is 0.462. The van der Waals surface area contributed by atoms with Crippen molar-refractivity contribution in [3.63, 3.8) is 0 Å². The van der Waals surface area contributed by atoms with Crippen molar-refractivity contribution in [2.75, 3.05) is 0 Å². The second-order valence-corrected chi connectivity index (χ2v) is 5.30. The lowest BCUT2D eigenvalue weighted by molar-refractivity contribution is -0.142. The zero-order valence-electron chi connectivity index (χ0n) is 11.0. The minimum absolute atomic E-state index is 0.400. The highest BCUT2D eigenvalue weighted by molar-refractivity contribution is 5.96. The summed E-state index contributed by atoms with van der Waals surface area (Å²) < 4.78 is 0. The molecule has 1 atom stereocenters. The average molecular weight is 250 g/mol. The van der Waals surface area contributed by atoms with E-state index in [1.165, 1.54) is 6.20 Å². The van der Waals surface area contributed by atoms with E-state index < -0.39 is 23.3 Å². The van der Waals surface area contributed by atoms with Crippen molar-refractivity contribution in [3.8, 4) is 0 Å². The number of aromatic nitrogens is 1. The molecular formula is C13H18N2O3. The number of carboxylic acids is 1. The van der Waals surface area contributed by atoms with E-state index in [0.29, 0.717) is 11.3 Å². The van der Waals surface area contributed by atoms with E-state index in [9.17, 15) is 9.59 Å². The van der Waals surface area contributed by atoms with Crippen molar-refractivity contribution in [2.24, 2.45) is 5.41 Å². The molecule has 0 spiro atoms. The van der Waals surface area contributed by atoms with Crippen molar-refractivity contribution >= 4 is 11.9 Å². The van der Waals surface area contributed by atoms with Crippen molar-refractivity contribution in [1.82, 2.24) is 10.3 Å². The van der Waals surface area contributed by atoms with Crippen LogP contribution in [-0.4, -0.2) is 28.0 Å². The predicted molar refractivity (Wildman–Crippen MR) is 67.3 cm³/mol. The molecule has 0 radical (unpaired) electrons. The molecule has 0 saturated carbocycles. The van der Waals surface area contributed by atoms with Gasteiger partial charge in [-0.2, -0.15) is 0 Å². The van der Waals surface area contributed by atoms with Crippen LogP contribution in [0.5, 0.6) is 0 Å². The summed E-state index contributed by atoms with van der Waals surface area (Å²) in [5, 5.41) is 11.7. The summed E-state index contributed by atoms with van der Waals surface area (Å²) in [5.74, 6) is -1.44. The topological polar surface area (TPSA) is 79.3 Å². The number of nitrogens with one attached hydrogen (secondary N) is 1. The second-order valence-electron chi connectivity index (χ2n) is 5.30. The van der Waals surface area contributed by atoms with Crippen LogP contribution in [0, 0.1) is 12.3 Å². The van der Waals surface area contributed by atoms with E-state index in [1.807, 2.05) is 0 Å². The Bertz CT molecular complexity index is 464. The van der Waals surface area contributed by atoms with Crippen LogP contribution in [-0.2, 0) is 4.79 Å². The normalized spacial score (nSPS) is 12.9. The van der Waals surface area contributed by atoms with Crippen LogP contribution in [0.3, 0.4) is 0 Å². The van der Waals surface area contributed by atoms with Crippen LogP contribution in [0.15, 0.2) is 18.3 Å². The Morgan fingerprint density at radius 3 is 2.44 bits per heavy atom. The van der Waals surface area contributed by atoms with Gasteiger partial charge in [0.05, 0.1) is 0 Å². The number of hydrogen-bond acceptors (Lipinski definition) is 3. The largest absolute Gasteiger partial charge is 0.480 e. The number of carbonyl (C=O) groups excluding carboxylic acids is 1. The number of pyridine rings is 1. The summed E-state index contributed by atoms with van der Waals surface area (Å²) in [6.45, 7) is 7.08. The molecule has 0 aromatic carbocycles. The van der Waals surface area contributed by atoms with Crippen LogP contribution in [0.1, 0.15) is 36.8 Å². The molecule has 1 amide bonds. The Morgan fingerprint density at radius 1 is 1.39 bits per heavy atom. The standard InChI is InChI=1S/C13H18N2O3/c1-8-7-9(5-6-14-8)11(16)15-10(12(17)18)13(2,3)4/h5-7,10H,1-4H3,(H,15,16)(H,17,18)/t10-/m0/s1. The third-order valence-corrected chi connectivity index (χ3v) is 2.55. The maximum atomic E-state index is 12.0. The van der Waals surface area contributed by atoms with E-state index >= 15 is 0 Å². The van der Waals surface area contributed by atoms with Crippen molar-refractivity contribution < 1.29 is 14.7 Å². The zero-order chi connectivity index (χ0) is 13.9. The van der Waals surface area contributed by atoms with Gasteiger partial charge in [0.2, 0.25) is 0 Å². The first-order valence-corrected chi connectivity index (χ1v) is 5.68. The second kappa shape index (κ2) is 5.16. The molecule has 5 nitrogen and oxygen atoms in total. The van der Waals surface area contributed by atoms with Gasteiger partial charge in [0.15, 0.2) is 0 Å². The van der Waals surface area contributed by atoms with Crippen molar-refractivity contribution in [3.05, 3.63) is 29.6 Å². The fourth-order valence-corrected chi connectivity index (χ4v) is 1.55. The van der Waals surface area contributed by atoms with Gasteiger partial charge in [-0.15, -0.1) is 0 Å². The maximum absolute atomic E-state index is 12.0. The molecule has 98 valence electrons. The molecule has 0 fully saturated rings. The maximum Gasteiger partial charge on any atom is 0.326 e. The first kappa shape index (κ1) is 14.2. The Kier molecular flexibility index (Phi) is 4.06. The summed E-state index contributed by atoms with van der Waals surface area (Å²) in [5.41, 5.74) is 0.576. The third-order valence-electron chi connectivity index (χ3n) is 2.55. The highest BCUT2D eigenvalue weighted by atomic mass is 16.4. The average Bonchev–Trinajstić information content (AvgIpc) is 2.23. The van der Waals surface area contributed by atoms with E-state index in [1.54, 1.807) is 39.8 Å². The first-order chi connectivity index (χ1) is 8.21. The summed E-state index contributed by atoms with van der Waals surface area (Å²) in [6, 6.07) is 2.25. The smallest absolute Gasteiger partial charge is 0.326 e. The summed E-state index contributed by atoms with van der Waals surface area (Å²) in [4.78, 5) is 27.1. The number of aryl methyl sites for hydroxylation is 1. The first-order valence-electron chi connectivity index (χ1n) is 5.68. The summed E-state index contributed by atoms with van der Waals surface area (Å²) in [6.07, 6.45) is 1.52. The van der Waals surface area contributed by atoms with Crippen LogP contribution in [0.2, 0.25) is 0 Å². The van der Waals surface area contributed by atoms with E-state index in [0.717, 1.165) is 0 Å². The van der Waals surface area contributed by atoms with Gasteiger partial charge in [-0.05, 0) is 24.5 Å². The lowest BCUT2D eigenvalue weighted by Crippen LogP contribution is -2.49. The van der Waals surface area contributed by atoms with Crippen molar-refractivity contribution in [2.45, 2.75) is 33.7 Å². The highest BCUT2D eigenvalue weighted by Gasteiger charge is 2.32. The zero-order valence-corrected chi connectivity index (χ0v) is 11.0. The van der Waals surface area contributed by atoms with Gasteiger partial charge in [-0.25, -0.2) is 4.79 Å². The van der Waals surface area contributed by atoms with Crippen molar-refractivity contribution in [1.29, 1.82) is 0 Å². The number of rotatable bonds is 3. The van der Waals surface area contributed by atoms with Gasteiger partial charge in [0.1, 0.15) is 6.04 Å². The Balaban J connectivity index is 2.89. The van der Waals surface area contributed by atoms with Gasteiger partial charge in [-0.1, -0.05) is 20.8 Å². The third kappa shape index (κ3) is 3.55. The molecule has 5 heteroatoms. The summed E-state index contributed by atoms with van der Waals surface area (Å²) >= 11 is 0. The Labute approximate surface area is 106 Å². The van der Waals surface area contributed by atoms with E-state index in [4.69, 9.17) is 5.11 Å². The number of nitrogens with zero attached hydrogens (tertiary/aromatic N) is 1. The van der Waals surface area contributed by atoms with Gasteiger partial charge >= 0.3 is 5.97 Å². The minimum atomic E-state index is -1.04.